The van der Waals surface area contributed by atoms with Crippen LogP contribution in [-0.2, 0) is 0 Å². The van der Waals surface area contributed by atoms with Gasteiger partial charge in [-0.25, -0.2) is 4.98 Å². The van der Waals surface area contributed by atoms with Gasteiger partial charge >= 0.3 is 0 Å². The van der Waals surface area contributed by atoms with Crippen LogP contribution in [-0.4, -0.2) is 4.98 Å². The zero-order valence-electron chi connectivity index (χ0n) is 8.94. The van der Waals surface area contributed by atoms with Crippen molar-refractivity contribution in [1.82, 2.24) is 4.98 Å². The smallest absolute Gasteiger partial charge is 0.124 e. The molecular formula is C13H11N3. The zero-order chi connectivity index (χ0) is 11.5. The number of nitriles is 1. The molecule has 0 radical (unpaired) electrons. The lowest BCUT2D eigenvalue weighted by Gasteiger charge is -2.06. The molecule has 0 saturated carbocycles. The van der Waals surface area contributed by atoms with Crippen molar-refractivity contribution in [2.75, 3.05) is 5.73 Å². The summed E-state index contributed by atoms with van der Waals surface area (Å²) in [4.78, 5) is 4.29. The van der Waals surface area contributed by atoms with E-state index in [4.69, 9.17) is 11.0 Å². The van der Waals surface area contributed by atoms with Crippen LogP contribution in [0.25, 0.3) is 11.3 Å². The predicted octanol–water partition coefficient (Wildman–Crippen LogP) is 2.51. The van der Waals surface area contributed by atoms with E-state index < -0.39 is 0 Å². The van der Waals surface area contributed by atoms with Crippen molar-refractivity contribution in [3.8, 4) is 17.3 Å². The molecule has 0 amide bonds. The molecule has 3 nitrogen and oxygen atoms in total. The fourth-order valence-corrected chi connectivity index (χ4v) is 1.57. The van der Waals surface area contributed by atoms with E-state index in [-0.39, 0.29) is 0 Å². The number of aromatic nitrogens is 1. The largest absolute Gasteiger partial charge is 0.384 e. The summed E-state index contributed by atoms with van der Waals surface area (Å²) in [5, 5.41) is 8.84. The minimum Gasteiger partial charge on any atom is -0.384 e. The highest BCUT2D eigenvalue weighted by atomic mass is 14.8. The second-order valence-electron chi connectivity index (χ2n) is 3.59. The normalized spacial score (nSPS) is 9.75. The van der Waals surface area contributed by atoms with Crippen molar-refractivity contribution in [2.45, 2.75) is 6.92 Å². The third-order valence-electron chi connectivity index (χ3n) is 2.38. The number of aryl methyl sites for hydroxylation is 1. The Morgan fingerprint density at radius 3 is 2.81 bits per heavy atom. The summed E-state index contributed by atoms with van der Waals surface area (Å²) in [7, 11) is 0. The zero-order valence-corrected chi connectivity index (χ0v) is 8.94. The second kappa shape index (κ2) is 4.03. The Morgan fingerprint density at radius 2 is 2.06 bits per heavy atom. The Morgan fingerprint density at radius 1 is 1.25 bits per heavy atom. The van der Waals surface area contributed by atoms with Gasteiger partial charge in [-0.1, -0.05) is 18.2 Å². The Hall–Kier alpha value is -2.34. The number of anilines is 1. The van der Waals surface area contributed by atoms with Gasteiger partial charge < -0.3 is 5.73 Å². The number of benzene rings is 1. The highest BCUT2D eigenvalue weighted by Crippen LogP contribution is 2.22. The van der Waals surface area contributed by atoms with Gasteiger partial charge in [-0.05, 0) is 30.7 Å². The predicted molar refractivity (Wildman–Crippen MR) is 63.5 cm³/mol. The monoisotopic (exact) mass is 209 g/mol. The maximum atomic E-state index is 8.84. The first kappa shape index (κ1) is 10.2. The fraction of sp³-hybridized carbons (Fsp3) is 0.0769. The van der Waals surface area contributed by atoms with Gasteiger partial charge in [-0.15, -0.1) is 0 Å². The molecule has 1 aromatic heterocycles. The Balaban J connectivity index is 2.58. The third-order valence-corrected chi connectivity index (χ3v) is 2.38. The van der Waals surface area contributed by atoms with E-state index in [9.17, 15) is 0 Å². The molecule has 0 spiro atoms. The molecule has 3 heteroatoms. The molecule has 0 bridgehead atoms. The van der Waals surface area contributed by atoms with Crippen LogP contribution in [0.15, 0.2) is 36.4 Å². The molecule has 1 heterocycles. The molecule has 78 valence electrons. The molecule has 1 aromatic carbocycles. The van der Waals surface area contributed by atoms with Gasteiger partial charge in [0.05, 0.1) is 17.3 Å². The topological polar surface area (TPSA) is 62.7 Å². The number of nitrogen functional groups attached to an aromatic ring is 1. The van der Waals surface area contributed by atoms with Crippen LogP contribution in [0.1, 0.15) is 11.1 Å². The van der Waals surface area contributed by atoms with Gasteiger partial charge in [0.25, 0.3) is 0 Å². The summed E-state index contributed by atoms with van der Waals surface area (Å²) < 4.78 is 0. The molecule has 0 aliphatic heterocycles. The molecule has 0 aliphatic carbocycles. The van der Waals surface area contributed by atoms with Crippen molar-refractivity contribution in [3.05, 3.63) is 47.5 Å². The van der Waals surface area contributed by atoms with E-state index in [1.165, 1.54) is 0 Å². The van der Waals surface area contributed by atoms with Crippen molar-refractivity contribution < 1.29 is 0 Å². The Labute approximate surface area is 94.2 Å². The highest BCUT2D eigenvalue weighted by molar-refractivity contribution is 5.66. The first-order valence-electron chi connectivity index (χ1n) is 4.94. The summed E-state index contributed by atoms with van der Waals surface area (Å²) in [5.41, 5.74) is 9.08. The van der Waals surface area contributed by atoms with Gasteiger partial charge in [-0.2, -0.15) is 5.26 Å². The first-order valence-corrected chi connectivity index (χ1v) is 4.94. The quantitative estimate of drug-likeness (QED) is 0.784. The second-order valence-corrected chi connectivity index (χ2v) is 3.59. The minimum absolute atomic E-state index is 0.489. The Bertz CT molecular complexity index is 568. The van der Waals surface area contributed by atoms with Gasteiger partial charge in [0.15, 0.2) is 0 Å². The van der Waals surface area contributed by atoms with Crippen LogP contribution in [0.3, 0.4) is 0 Å². The van der Waals surface area contributed by atoms with Crippen LogP contribution in [0.4, 0.5) is 5.82 Å². The van der Waals surface area contributed by atoms with E-state index in [2.05, 4.69) is 11.1 Å². The molecule has 2 rings (SSSR count). The molecule has 2 N–H and O–H groups in total. The summed E-state index contributed by atoms with van der Waals surface area (Å²) in [5.74, 6) is 0.489. The van der Waals surface area contributed by atoms with Gasteiger partial charge in [-0.3, -0.25) is 0 Å². The first-order chi connectivity index (χ1) is 7.70. The molecule has 0 aliphatic rings. The number of pyridine rings is 1. The molecule has 0 unspecified atom stereocenters. The van der Waals surface area contributed by atoms with Gasteiger partial charge in [0.2, 0.25) is 0 Å². The lowest BCUT2D eigenvalue weighted by atomic mass is 10.0. The lowest BCUT2D eigenvalue weighted by Crippen LogP contribution is -1.94. The van der Waals surface area contributed by atoms with Crippen LogP contribution >= 0.6 is 0 Å². The van der Waals surface area contributed by atoms with Crippen LogP contribution < -0.4 is 5.73 Å². The van der Waals surface area contributed by atoms with Crippen LogP contribution in [0.2, 0.25) is 0 Å². The summed E-state index contributed by atoms with van der Waals surface area (Å²) in [6.45, 7) is 1.97. The summed E-state index contributed by atoms with van der Waals surface area (Å²) in [6.07, 6.45) is 0. The molecule has 16 heavy (non-hydrogen) atoms. The summed E-state index contributed by atoms with van der Waals surface area (Å²) in [6, 6.07) is 13.2. The van der Waals surface area contributed by atoms with Crippen molar-refractivity contribution in [1.29, 1.82) is 5.26 Å². The number of nitrogens with two attached hydrogens (primary N) is 1. The van der Waals surface area contributed by atoms with Crippen LogP contribution in [0.5, 0.6) is 0 Å². The molecule has 0 fully saturated rings. The average molecular weight is 209 g/mol. The Kier molecular flexibility index (Phi) is 2.57. The van der Waals surface area contributed by atoms with E-state index in [0.29, 0.717) is 11.4 Å². The van der Waals surface area contributed by atoms with Gasteiger partial charge in [0, 0.05) is 5.56 Å². The van der Waals surface area contributed by atoms with Gasteiger partial charge in [0.1, 0.15) is 5.82 Å². The minimum atomic E-state index is 0.489. The third kappa shape index (κ3) is 1.86. The van der Waals surface area contributed by atoms with E-state index >= 15 is 0 Å². The number of nitrogens with zero attached hydrogens (tertiary/aromatic N) is 2. The van der Waals surface area contributed by atoms with E-state index in [0.717, 1.165) is 16.8 Å². The molecule has 0 saturated heterocycles. The summed E-state index contributed by atoms with van der Waals surface area (Å²) >= 11 is 0. The van der Waals surface area contributed by atoms with Crippen molar-refractivity contribution in [2.24, 2.45) is 0 Å². The maximum absolute atomic E-state index is 8.84. The molecule has 0 atom stereocenters. The van der Waals surface area contributed by atoms with Crippen molar-refractivity contribution in [3.63, 3.8) is 0 Å². The fourth-order valence-electron chi connectivity index (χ4n) is 1.57. The number of rotatable bonds is 1. The highest BCUT2D eigenvalue weighted by Gasteiger charge is 2.04. The molecule has 2 aromatic rings. The van der Waals surface area contributed by atoms with E-state index in [1.807, 2.05) is 31.2 Å². The average Bonchev–Trinajstić information content (AvgIpc) is 2.32. The van der Waals surface area contributed by atoms with Crippen LogP contribution in [0, 0.1) is 18.3 Å². The SMILES string of the molecule is Cc1ccc(N)nc1-c1cccc(C#N)c1. The number of hydrogen-bond donors (Lipinski definition) is 1. The van der Waals surface area contributed by atoms with E-state index in [1.54, 1.807) is 12.1 Å². The maximum Gasteiger partial charge on any atom is 0.124 e. The van der Waals surface area contributed by atoms with Crippen molar-refractivity contribution >= 4 is 5.82 Å². The lowest BCUT2D eigenvalue weighted by molar-refractivity contribution is 1.28. The standard InChI is InChI=1S/C13H11N3/c1-9-5-6-12(15)16-13(9)11-4-2-3-10(7-11)8-14/h2-7H,1H3,(H2,15,16). The number of hydrogen-bond acceptors (Lipinski definition) is 3. The molecular weight excluding hydrogens is 198 g/mol.